The van der Waals surface area contributed by atoms with Gasteiger partial charge in [-0.3, -0.25) is 9.59 Å². The summed E-state index contributed by atoms with van der Waals surface area (Å²) in [4.78, 5) is 29.8. The molecule has 1 atom stereocenters. The van der Waals surface area contributed by atoms with Gasteiger partial charge in [-0.15, -0.1) is 10.2 Å². The molecule has 0 aliphatic rings. The highest BCUT2D eigenvalue weighted by Crippen LogP contribution is 2.28. The summed E-state index contributed by atoms with van der Waals surface area (Å²) in [7, 11) is 3.16. The first-order valence-electron chi connectivity index (χ1n) is 12.7. The van der Waals surface area contributed by atoms with Gasteiger partial charge in [0.1, 0.15) is 18.3 Å². The lowest BCUT2D eigenvalue weighted by molar-refractivity contribution is -0.142. The number of methoxy groups -OCH3 is 2. The van der Waals surface area contributed by atoms with E-state index in [4.69, 9.17) is 13.9 Å². The Kier molecular flexibility index (Phi) is 9.49. The second kappa shape index (κ2) is 12.6. The van der Waals surface area contributed by atoms with Crippen molar-refractivity contribution < 1.29 is 23.5 Å². The molecule has 11 nitrogen and oxygen atoms in total. The van der Waals surface area contributed by atoms with Crippen molar-refractivity contribution in [2.24, 2.45) is 0 Å². The van der Waals surface area contributed by atoms with E-state index in [9.17, 15) is 9.59 Å². The number of carbonyl (C=O) groups excluding carboxylic acids is 2. The Labute approximate surface area is 223 Å². The normalized spacial score (nSPS) is 12.2. The molecule has 0 unspecified atom stereocenters. The number of hydrogen-bond donors (Lipinski definition) is 1. The molecule has 2 aromatic heterocycles. The topological polar surface area (TPSA) is 125 Å². The zero-order valence-corrected chi connectivity index (χ0v) is 23.3. The lowest BCUT2D eigenvalue weighted by Gasteiger charge is -2.33. The summed E-state index contributed by atoms with van der Waals surface area (Å²) in [5.74, 6) is 2.23. The predicted octanol–water partition coefficient (Wildman–Crippen LogP) is 3.41. The number of benzene rings is 1. The van der Waals surface area contributed by atoms with E-state index in [-0.39, 0.29) is 18.4 Å². The SMILES string of the molecule is CCC[C@@H](C(=O)NC(C)(C)C)N(CCc1ccc(OC)c(OC)c1)C(=O)Cn1nnc(-c2ccc(C)o2)n1. The first kappa shape index (κ1) is 28.7. The Balaban J connectivity index is 1.85. The fourth-order valence-electron chi connectivity index (χ4n) is 4.07. The standard InChI is InChI=1S/C27H38N6O5/c1-8-9-20(26(35)28-27(3,4)5)32(15-14-19-11-13-21(36-6)23(16-19)37-7)24(34)17-33-30-25(29-31-33)22-12-10-18(2)38-22/h10-13,16,20H,8-9,14-15,17H2,1-7H3,(H,28,35)/t20-/m0/s1. The molecule has 0 saturated heterocycles. The highest BCUT2D eigenvalue weighted by Gasteiger charge is 2.31. The molecule has 3 aromatic rings. The van der Waals surface area contributed by atoms with Gasteiger partial charge in [0.15, 0.2) is 17.3 Å². The molecular formula is C27H38N6O5. The van der Waals surface area contributed by atoms with Gasteiger partial charge in [-0.2, -0.15) is 4.80 Å². The van der Waals surface area contributed by atoms with Crippen LogP contribution in [0.5, 0.6) is 11.5 Å². The minimum absolute atomic E-state index is 0.165. The van der Waals surface area contributed by atoms with Crippen LogP contribution in [0.2, 0.25) is 0 Å². The third-order valence-electron chi connectivity index (χ3n) is 5.84. The summed E-state index contributed by atoms with van der Waals surface area (Å²) in [6, 6.07) is 8.53. The van der Waals surface area contributed by atoms with Crippen LogP contribution in [0, 0.1) is 6.92 Å². The minimum Gasteiger partial charge on any atom is -0.493 e. The Morgan fingerprint density at radius 3 is 2.47 bits per heavy atom. The minimum atomic E-state index is -0.650. The number of tetrazole rings is 1. The average Bonchev–Trinajstić information content (AvgIpc) is 3.51. The number of nitrogens with zero attached hydrogens (tertiary/aromatic N) is 5. The molecule has 2 amide bonds. The van der Waals surface area contributed by atoms with Crippen LogP contribution in [0.4, 0.5) is 0 Å². The second-order valence-electron chi connectivity index (χ2n) is 10.1. The number of hydrogen-bond acceptors (Lipinski definition) is 8. The molecule has 11 heteroatoms. The molecular weight excluding hydrogens is 488 g/mol. The van der Waals surface area contributed by atoms with E-state index in [1.807, 2.05) is 52.8 Å². The quantitative estimate of drug-likeness (QED) is 0.381. The molecule has 0 bridgehead atoms. The van der Waals surface area contributed by atoms with Gasteiger partial charge < -0.3 is 24.1 Å². The van der Waals surface area contributed by atoms with Crippen molar-refractivity contribution >= 4 is 11.8 Å². The van der Waals surface area contributed by atoms with Crippen LogP contribution in [0.25, 0.3) is 11.6 Å². The van der Waals surface area contributed by atoms with E-state index < -0.39 is 11.6 Å². The number of rotatable bonds is 12. The number of aromatic nitrogens is 4. The monoisotopic (exact) mass is 526 g/mol. The zero-order valence-electron chi connectivity index (χ0n) is 23.3. The summed E-state index contributed by atoms with van der Waals surface area (Å²) in [6.45, 7) is 9.72. The van der Waals surface area contributed by atoms with E-state index in [2.05, 4.69) is 20.7 Å². The van der Waals surface area contributed by atoms with Crippen molar-refractivity contribution in [3.63, 3.8) is 0 Å². The number of carbonyl (C=O) groups is 2. The van der Waals surface area contributed by atoms with E-state index in [1.165, 1.54) is 4.80 Å². The maximum Gasteiger partial charge on any atom is 0.246 e. The van der Waals surface area contributed by atoms with Crippen molar-refractivity contribution in [2.45, 2.75) is 72.0 Å². The molecule has 0 saturated carbocycles. The molecule has 1 aromatic carbocycles. The van der Waals surface area contributed by atoms with Gasteiger partial charge in [0.05, 0.1) is 14.2 Å². The van der Waals surface area contributed by atoms with Crippen LogP contribution >= 0.6 is 0 Å². The molecule has 206 valence electrons. The summed E-state index contributed by atoms with van der Waals surface area (Å²) in [5.41, 5.74) is 0.506. The molecule has 0 radical (unpaired) electrons. The Bertz CT molecular complexity index is 1230. The second-order valence-corrected chi connectivity index (χ2v) is 10.1. The van der Waals surface area contributed by atoms with Crippen molar-refractivity contribution in [1.82, 2.24) is 30.4 Å². The van der Waals surface area contributed by atoms with Crippen molar-refractivity contribution in [1.29, 1.82) is 0 Å². The molecule has 3 rings (SSSR count). The lowest BCUT2D eigenvalue weighted by Crippen LogP contribution is -2.54. The number of ether oxygens (including phenoxy) is 2. The molecule has 0 fully saturated rings. The van der Waals surface area contributed by atoms with E-state index >= 15 is 0 Å². The highest BCUT2D eigenvalue weighted by molar-refractivity contribution is 5.88. The number of nitrogens with one attached hydrogen (secondary N) is 1. The van der Waals surface area contributed by atoms with Crippen LogP contribution in [0.3, 0.4) is 0 Å². The van der Waals surface area contributed by atoms with Crippen LogP contribution in [0.15, 0.2) is 34.7 Å². The highest BCUT2D eigenvalue weighted by atomic mass is 16.5. The Hall–Kier alpha value is -3.89. The maximum atomic E-state index is 13.6. The van der Waals surface area contributed by atoms with Gasteiger partial charge in [0.2, 0.25) is 17.6 Å². The molecule has 0 aliphatic carbocycles. The smallest absolute Gasteiger partial charge is 0.246 e. The average molecular weight is 527 g/mol. The van der Waals surface area contributed by atoms with E-state index in [1.54, 1.807) is 31.3 Å². The lowest BCUT2D eigenvalue weighted by atomic mass is 10.0. The van der Waals surface area contributed by atoms with Crippen molar-refractivity contribution in [2.75, 3.05) is 20.8 Å². The van der Waals surface area contributed by atoms with Gasteiger partial charge >= 0.3 is 0 Å². The van der Waals surface area contributed by atoms with Crippen LogP contribution in [-0.2, 0) is 22.6 Å². The first-order valence-corrected chi connectivity index (χ1v) is 12.7. The Morgan fingerprint density at radius 1 is 1.13 bits per heavy atom. The van der Waals surface area contributed by atoms with Crippen LogP contribution in [-0.4, -0.2) is 69.3 Å². The summed E-state index contributed by atoms with van der Waals surface area (Å²) in [5, 5.41) is 15.4. The van der Waals surface area contributed by atoms with Crippen LogP contribution < -0.4 is 14.8 Å². The van der Waals surface area contributed by atoms with Gasteiger partial charge in [-0.25, -0.2) is 0 Å². The third-order valence-corrected chi connectivity index (χ3v) is 5.84. The van der Waals surface area contributed by atoms with Gasteiger partial charge in [-0.1, -0.05) is 19.4 Å². The van der Waals surface area contributed by atoms with Crippen molar-refractivity contribution in [3.8, 4) is 23.1 Å². The molecule has 0 spiro atoms. The maximum absolute atomic E-state index is 13.6. The zero-order chi connectivity index (χ0) is 27.9. The number of amides is 2. The first-order chi connectivity index (χ1) is 18.0. The fraction of sp³-hybridized carbons (Fsp3) is 0.519. The largest absolute Gasteiger partial charge is 0.493 e. The van der Waals surface area contributed by atoms with Gasteiger partial charge in [0, 0.05) is 12.1 Å². The third kappa shape index (κ3) is 7.56. The van der Waals surface area contributed by atoms with E-state index in [0.717, 1.165) is 17.7 Å². The van der Waals surface area contributed by atoms with Crippen LogP contribution in [0.1, 0.15) is 51.9 Å². The van der Waals surface area contributed by atoms with Crippen molar-refractivity contribution in [3.05, 3.63) is 41.7 Å². The molecule has 1 N–H and O–H groups in total. The molecule has 2 heterocycles. The summed E-state index contributed by atoms with van der Waals surface area (Å²) >= 11 is 0. The van der Waals surface area contributed by atoms with Gasteiger partial charge in [0.25, 0.3) is 0 Å². The van der Waals surface area contributed by atoms with E-state index in [0.29, 0.717) is 42.5 Å². The summed E-state index contributed by atoms with van der Waals surface area (Å²) in [6.07, 6.45) is 1.75. The molecule has 38 heavy (non-hydrogen) atoms. The van der Waals surface area contributed by atoms with Gasteiger partial charge in [-0.05, 0) is 75.6 Å². The fourth-order valence-corrected chi connectivity index (χ4v) is 4.07. The number of aryl methyl sites for hydroxylation is 1. The number of furan rings is 1. The summed E-state index contributed by atoms with van der Waals surface area (Å²) < 4.78 is 16.3. The Morgan fingerprint density at radius 2 is 1.87 bits per heavy atom. The predicted molar refractivity (Wildman–Crippen MR) is 142 cm³/mol. The molecule has 0 aliphatic heterocycles.